The first-order chi connectivity index (χ1) is 20.6. The topological polar surface area (TPSA) is 160 Å². The van der Waals surface area contributed by atoms with Gasteiger partial charge in [-0.2, -0.15) is 15.0 Å². The molecule has 0 unspecified atom stereocenters. The summed E-state index contributed by atoms with van der Waals surface area (Å²) in [5, 5.41) is 22.1. The van der Waals surface area contributed by atoms with Crippen LogP contribution in [0.1, 0.15) is 41.6 Å². The Labute approximate surface area is 245 Å². The van der Waals surface area contributed by atoms with Crippen molar-refractivity contribution in [3.05, 3.63) is 71.8 Å². The normalized spacial score (nSPS) is 13.8. The third-order valence-electron chi connectivity index (χ3n) is 6.68. The van der Waals surface area contributed by atoms with E-state index in [2.05, 4.69) is 36.2 Å². The third-order valence-corrected chi connectivity index (χ3v) is 6.68. The molecule has 0 saturated heterocycles. The lowest BCUT2D eigenvalue weighted by molar-refractivity contribution is -0.137. The highest BCUT2D eigenvalue weighted by atomic mass is 16.5. The number of benzene rings is 2. The molecule has 4 rings (SSSR count). The number of ether oxygens (including phenoxy) is 2. The number of carboxylic acids is 1. The van der Waals surface area contributed by atoms with E-state index in [1.807, 2.05) is 48.5 Å². The van der Waals surface area contributed by atoms with Crippen LogP contribution in [0, 0.1) is 0 Å². The Kier molecular flexibility index (Phi) is 12.3. The molecule has 0 aliphatic heterocycles. The summed E-state index contributed by atoms with van der Waals surface area (Å²) in [6.45, 7) is 2.42. The van der Waals surface area contributed by atoms with E-state index in [4.69, 9.17) is 9.47 Å². The molecule has 0 spiro atoms. The SMILES string of the molecule is O=C(NCCOCCOCCNc1nc(NC2CCCC2)nc(N[C@@H](Cc2ccccc2)C(=O)O)n1)c1ccccc1. The quantitative estimate of drug-likeness (QED) is 0.141. The Hall–Kier alpha value is -4.29. The summed E-state index contributed by atoms with van der Waals surface area (Å²) in [6.07, 6.45) is 4.67. The predicted molar refractivity (Wildman–Crippen MR) is 160 cm³/mol. The molecule has 12 nitrogen and oxygen atoms in total. The van der Waals surface area contributed by atoms with Crippen molar-refractivity contribution in [1.29, 1.82) is 0 Å². The summed E-state index contributed by atoms with van der Waals surface area (Å²) in [4.78, 5) is 37.4. The number of carbonyl (C=O) groups is 2. The molecular formula is C30H39N7O5. The summed E-state index contributed by atoms with van der Waals surface area (Å²) in [6, 6.07) is 17.8. The number of hydrogen-bond acceptors (Lipinski definition) is 10. The first kappa shape index (κ1) is 30.7. The second kappa shape index (κ2) is 16.8. The minimum absolute atomic E-state index is 0.130. The zero-order chi connectivity index (χ0) is 29.4. The Morgan fingerprint density at radius 1 is 0.810 bits per heavy atom. The van der Waals surface area contributed by atoms with E-state index in [1.54, 1.807) is 12.1 Å². The maximum atomic E-state index is 12.0. The molecule has 5 N–H and O–H groups in total. The van der Waals surface area contributed by atoms with Crippen molar-refractivity contribution in [2.45, 2.75) is 44.2 Å². The molecule has 2 aromatic carbocycles. The smallest absolute Gasteiger partial charge is 0.326 e. The fourth-order valence-corrected chi connectivity index (χ4v) is 4.53. The molecule has 1 saturated carbocycles. The van der Waals surface area contributed by atoms with Gasteiger partial charge in [0.25, 0.3) is 5.91 Å². The number of amides is 1. The number of carboxylic acid groups (broad SMARTS) is 1. The van der Waals surface area contributed by atoms with Gasteiger partial charge in [0.15, 0.2) is 0 Å². The third kappa shape index (κ3) is 10.6. The summed E-state index contributed by atoms with van der Waals surface area (Å²) in [5.41, 5.74) is 1.51. The van der Waals surface area contributed by atoms with Crippen LogP contribution in [0.25, 0.3) is 0 Å². The van der Waals surface area contributed by atoms with Crippen molar-refractivity contribution < 1.29 is 24.2 Å². The molecule has 0 bridgehead atoms. The summed E-state index contributed by atoms with van der Waals surface area (Å²) >= 11 is 0. The van der Waals surface area contributed by atoms with Crippen molar-refractivity contribution in [2.75, 3.05) is 55.5 Å². The number of hydrogen-bond donors (Lipinski definition) is 5. The number of carbonyl (C=O) groups excluding carboxylic acids is 1. The lowest BCUT2D eigenvalue weighted by atomic mass is 10.1. The summed E-state index contributed by atoms with van der Waals surface area (Å²) in [5.74, 6) is -0.210. The number of aliphatic carboxylic acids is 1. The van der Waals surface area contributed by atoms with Gasteiger partial charge in [-0.05, 0) is 30.5 Å². The van der Waals surface area contributed by atoms with Crippen LogP contribution in [0.4, 0.5) is 17.8 Å². The van der Waals surface area contributed by atoms with E-state index >= 15 is 0 Å². The number of nitrogens with one attached hydrogen (secondary N) is 4. The van der Waals surface area contributed by atoms with Gasteiger partial charge < -0.3 is 35.8 Å². The van der Waals surface area contributed by atoms with Crippen LogP contribution >= 0.6 is 0 Å². The first-order valence-electron chi connectivity index (χ1n) is 14.4. The average Bonchev–Trinajstić information content (AvgIpc) is 3.51. The molecule has 1 amide bonds. The van der Waals surface area contributed by atoms with Gasteiger partial charge in [0.1, 0.15) is 6.04 Å². The molecule has 1 heterocycles. The lowest BCUT2D eigenvalue weighted by Crippen LogP contribution is -2.32. The fourth-order valence-electron chi connectivity index (χ4n) is 4.53. The van der Waals surface area contributed by atoms with E-state index in [-0.39, 0.29) is 24.3 Å². The molecule has 1 aromatic heterocycles. The first-order valence-corrected chi connectivity index (χ1v) is 14.4. The molecule has 1 aliphatic carbocycles. The molecule has 1 aliphatic rings. The van der Waals surface area contributed by atoms with Gasteiger partial charge in [0.05, 0.1) is 26.4 Å². The van der Waals surface area contributed by atoms with Crippen molar-refractivity contribution in [2.24, 2.45) is 0 Å². The Bertz CT molecular complexity index is 1240. The van der Waals surface area contributed by atoms with E-state index in [1.165, 1.54) is 0 Å². The highest BCUT2D eigenvalue weighted by Gasteiger charge is 2.21. The highest BCUT2D eigenvalue weighted by Crippen LogP contribution is 2.22. The Morgan fingerprint density at radius 2 is 1.43 bits per heavy atom. The molecule has 12 heteroatoms. The number of anilines is 3. The Morgan fingerprint density at radius 3 is 2.12 bits per heavy atom. The molecule has 1 atom stereocenters. The van der Waals surface area contributed by atoms with Crippen LogP contribution in [0.15, 0.2) is 60.7 Å². The van der Waals surface area contributed by atoms with Gasteiger partial charge in [-0.15, -0.1) is 0 Å². The maximum absolute atomic E-state index is 12.0. The van der Waals surface area contributed by atoms with Gasteiger partial charge in [0, 0.05) is 31.1 Å². The van der Waals surface area contributed by atoms with Gasteiger partial charge in [-0.25, -0.2) is 4.79 Å². The number of rotatable bonds is 18. The minimum Gasteiger partial charge on any atom is -0.480 e. The van der Waals surface area contributed by atoms with E-state index in [9.17, 15) is 14.7 Å². The molecule has 224 valence electrons. The number of aromatic nitrogens is 3. The van der Waals surface area contributed by atoms with Crippen molar-refractivity contribution >= 4 is 29.7 Å². The van der Waals surface area contributed by atoms with Crippen LogP contribution in [-0.2, 0) is 20.7 Å². The van der Waals surface area contributed by atoms with Crippen molar-refractivity contribution in [1.82, 2.24) is 20.3 Å². The van der Waals surface area contributed by atoms with Gasteiger partial charge >= 0.3 is 5.97 Å². The Balaban J connectivity index is 1.20. The van der Waals surface area contributed by atoms with Gasteiger partial charge in [0.2, 0.25) is 17.8 Å². The second-order valence-electron chi connectivity index (χ2n) is 9.93. The minimum atomic E-state index is -0.992. The van der Waals surface area contributed by atoms with Crippen molar-refractivity contribution in [3.8, 4) is 0 Å². The van der Waals surface area contributed by atoms with E-state index in [0.29, 0.717) is 57.0 Å². The average molecular weight is 578 g/mol. The second-order valence-corrected chi connectivity index (χ2v) is 9.93. The lowest BCUT2D eigenvalue weighted by Gasteiger charge is -2.17. The molecule has 0 radical (unpaired) electrons. The maximum Gasteiger partial charge on any atom is 0.326 e. The standard InChI is InChI=1S/C30H39N7O5/c38-26(23-11-5-2-6-12-23)31-15-17-41-19-20-42-18-16-32-28-35-29(33-24-13-7-8-14-24)37-30(36-28)34-25(27(39)40)21-22-9-3-1-4-10-22/h1-6,9-12,24-25H,7-8,13-21H2,(H,31,38)(H,39,40)(H3,32,33,34,35,36,37)/t25-/m0/s1. The summed E-state index contributed by atoms with van der Waals surface area (Å²) in [7, 11) is 0. The monoisotopic (exact) mass is 577 g/mol. The van der Waals surface area contributed by atoms with Gasteiger partial charge in [-0.1, -0.05) is 61.4 Å². The van der Waals surface area contributed by atoms with Crippen LogP contribution < -0.4 is 21.3 Å². The van der Waals surface area contributed by atoms with E-state index < -0.39 is 12.0 Å². The highest BCUT2D eigenvalue weighted by molar-refractivity contribution is 5.94. The fraction of sp³-hybridized carbons (Fsp3) is 0.433. The molecule has 42 heavy (non-hydrogen) atoms. The predicted octanol–water partition coefficient (Wildman–Crippen LogP) is 3.21. The van der Waals surface area contributed by atoms with Crippen LogP contribution in [0.3, 0.4) is 0 Å². The number of nitrogens with zero attached hydrogens (tertiary/aromatic N) is 3. The van der Waals surface area contributed by atoms with Crippen LogP contribution in [-0.4, -0.2) is 83.5 Å². The zero-order valence-corrected chi connectivity index (χ0v) is 23.6. The van der Waals surface area contributed by atoms with Crippen LogP contribution in [0.2, 0.25) is 0 Å². The van der Waals surface area contributed by atoms with Crippen molar-refractivity contribution in [3.63, 3.8) is 0 Å². The molecule has 1 fully saturated rings. The van der Waals surface area contributed by atoms with Crippen LogP contribution in [0.5, 0.6) is 0 Å². The zero-order valence-electron chi connectivity index (χ0n) is 23.6. The summed E-state index contributed by atoms with van der Waals surface area (Å²) < 4.78 is 11.1. The molecule has 3 aromatic rings. The van der Waals surface area contributed by atoms with E-state index in [0.717, 1.165) is 31.2 Å². The largest absolute Gasteiger partial charge is 0.480 e. The van der Waals surface area contributed by atoms with Gasteiger partial charge in [-0.3, -0.25) is 4.79 Å². The molecular weight excluding hydrogens is 538 g/mol.